The van der Waals surface area contributed by atoms with Crippen LogP contribution < -0.4 is 5.32 Å². The Labute approximate surface area is 87.6 Å². The molecule has 1 N–H and O–H groups in total. The molecule has 0 heterocycles. The van der Waals surface area contributed by atoms with Gasteiger partial charge in [-0.3, -0.25) is 0 Å². The molecule has 0 aliphatic carbocycles. The first-order valence-corrected chi connectivity index (χ1v) is 5.60. The molecule has 0 aromatic heterocycles. The van der Waals surface area contributed by atoms with E-state index in [1.165, 1.54) is 12.8 Å². The highest BCUT2D eigenvalue weighted by Crippen LogP contribution is 2.02. The number of nitrogens with zero attached hydrogens (tertiary/aromatic N) is 1. The van der Waals surface area contributed by atoms with Gasteiger partial charge in [-0.2, -0.15) is 0 Å². The highest BCUT2D eigenvalue weighted by Gasteiger charge is 2.01. The van der Waals surface area contributed by atoms with Crippen LogP contribution in [0.25, 0.3) is 0 Å². The van der Waals surface area contributed by atoms with Crippen LogP contribution in [0, 0.1) is 0 Å². The Morgan fingerprint density at radius 2 is 2.08 bits per heavy atom. The van der Waals surface area contributed by atoms with Crippen molar-refractivity contribution in [1.82, 2.24) is 10.2 Å². The number of nitrogens with one attached hydrogen (secondary N) is 1. The summed E-state index contributed by atoms with van der Waals surface area (Å²) in [5.41, 5.74) is 0. The maximum absolute atomic E-state index is 6.05. The van der Waals surface area contributed by atoms with Crippen LogP contribution in [0.5, 0.6) is 0 Å². The van der Waals surface area contributed by atoms with E-state index in [0.717, 1.165) is 26.1 Å². The zero-order valence-electron chi connectivity index (χ0n) is 9.15. The molecule has 0 rings (SSSR count). The number of hydrogen-bond donors (Lipinski definition) is 1. The van der Waals surface area contributed by atoms with Crippen molar-refractivity contribution in [2.75, 3.05) is 33.7 Å². The van der Waals surface area contributed by atoms with Gasteiger partial charge < -0.3 is 10.2 Å². The second-order valence-corrected chi connectivity index (χ2v) is 4.36. The summed E-state index contributed by atoms with van der Waals surface area (Å²) in [4.78, 5) is 2.20. The maximum Gasteiger partial charge on any atom is 0.0460 e. The molecule has 1 unspecified atom stereocenters. The third-order valence-electron chi connectivity index (χ3n) is 1.93. The molecule has 80 valence electrons. The van der Waals surface area contributed by atoms with Crippen LogP contribution in [0.2, 0.25) is 0 Å². The second-order valence-electron chi connectivity index (χ2n) is 3.75. The molecule has 3 heteroatoms. The number of rotatable bonds is 8. The summed E-state index contributed by atoms with van der Waals surface area (Å²) in [7, 11) is 4.20. The fourth-order valence-electron chi connectivity index (χ4n) is 1.19. The van der Waals surface area contributed by atoms with Gasteiger partial charge in [0.1, 0.15) is 0 Å². The summed E-state index contributed by atoms with van der Waals surface area (Å²) < 4.78 is 0. The van der Waals surface area contributed by atoms with Crippen molar-refractivity contribution in [3.8, 4) is 0 Å². The van der Waals surface area contributed by atoms with Crippen LogP contribution in [0.4, 0.5) is 0 Å². The topological polar surface area (TPSA) is 15.3 Å². The van der Waals surface area contributed by atoms with Crippen LogP contribution in [-0.2, 0) is 0 Å². The lowest BCUT2D eigenvalue weighted by Gasteiger charge is -2.11. The first-order valence-electron chi connectivity index (χ1n) is 5.16. The molecular weight excluding hydrogens is 184 g/mol. The van der Waals surface area contributed by atoms with Crippen LogP contribution >= 0.6 is 11.6 Å². The summed E-state index contributed by atoms with van der Waals surface area (Å²) in [5.74, 6) is 0. The molecule has 0 aromatic rings. The molecule has 0 saturated carbocycles. The Morgan fingerprint density at radius 3 is 2.62 bits per heavy atom. The number of alkyl halides is 1. The molecule has 0 bridgehead atoms. The molecule has 0 aromatic carbocycles. The van der Waals surface area contributed by atoms with Gasteiger partial charge in [-0.1, -0.05) is 13.3 Å². The van der Waals surface area contributed by atoms with E-state index in [1.807, 2.05) is 0 Å². The zero-order valence-corrected chi connectivity index (χ0v) is 9.90. The second kappa shape index (κ2) is 8.79. The van der Waals surface area contributed by atoms with Crippen molar-refractivity contribution in [3.63, 3.8) is 0 Å². The first kappa shape index (κ1) is 13.2. The fraction of sp³-hybridized carbons (Fsp3) is 1.00. The molecule has 0 radical (unpaired) electrons. The minimum absolute atomic E-state index is 0.310. The fourth-order valence-corrected chi connectivity index (χ4v) is 1.52. The Hall–Kier alpha value is 0.210. The molecule has 0 fully saturated rings. The van der Waals surface area contributed by atoms with Gasteiger partial charge >= 0.3 is 0 Å². The van der Waals surface area contributed by atoms with Gasteiger partial charge in [0.25, 0.3) is 0 Å². The minimum Gasteiger partial charge on any atom is -0.315 e. The van der Waals surface area contributed by atoms with E-state index >= 15 is 0 Å². The predicted octanol–water partition coefficient (Wildman–Crippen LogP) is 1.94. The Balaban J connectivity index is 3.06. The van der Waals surface area contributed by atoms with Crippen LogP contribution in [-0.4, -0.2) is 44.0 Å². The summed E-state index contributed by atoms with van der Waals surface area (Å²) in [5, 5.41) is 3.68. The lowest BCUT2D eigenvalue weighted by Crippen LogP contribution is -2.26. The SMILES string of the molecule is CCCC(Cl)CNCCCN(C)C. The van der Waals surface area contributed by atoms with Gasteiger partial charge in [-0.15, -0.1) is 11.6 Å². The largest absolute Gasteiger partial charge is 0.315 e. The van der Waals surface area contributed by atoms with E-state index in [0.29, 0.717) is 5.38 Å². The van der Waals surface area contributed by atoms with Crippen molar-refractivity contribution in [3.05, 3.63) is 0 Å². The average Bonchev–Trinajstić information content (AvgIpc) is 2.03. The van der Waals surface area contributed by atoms with Crippen LogP contribution in [0.3, 0.4) is 0 Å². The summed E-state index contributed by atoms with van der Waals surface area (Å²) in [6, 6.07) is 0. The summed E-state index contributed by atoms with van der Waals surface area (Å²) in [6.07, 6.45) is 3.48. The Morgan fingerprint density at radius 1 is 1.38 bits per heavy atom. The van der Waals surface area contributed by atoms with Crippen LogP contribution in [0.1, 0.15) is 26.2 Å². The molecule has 2 nitrogen and oxygen atoms in total. The first-order chi connectivity index (χ1) is 6.16. The lowest BCUT2D eigenvalue weighted by molar-refractivity contribution is 0.394. The lowest BCUT2D eigenvalue weighted by atomic mass is 10.2. The highest BCUT2D eigenvalue weighted by molar-refractivity contribution is 6.20. The van der Waals surface area contributed by atoms with Crippen molar-refractivity contribution in [1.29, 1.82) is 0 Å². The van der Waals surface area contributed by atoms with Crippen molar-refractivity contribution in [2.45, 2.75) is 31.6 Å². The third-order valence-corrected chi connectivity index (χ3v) is 2.30. The maximum atomic E-state index is 6.05. The Bertz CT molecular complexity index is 107. The van der Waals surface area contributed by atoms with Gasteiger partial charge in [-0.25, -0.2) is 0 Å². The smallest absolute Gasteiger partial charge is 0.0460 e. The van der Waals surface area contributed by atoms with E-state index in [1.54, 1.807) is 0 Å². The molecule has 0 amide bonds. The van der Waals surface area contributed by atoms with Gasteiger partial charge in [0.15, 0.2) is 0 Å². The third kappa shape index (κ3) is 10.1. The monoisotopic (exact) mass is 206 g/mol. The van der Waals surface area contributed by atoms with E-state index in [4.69, 9.17) is 11.6 Å². The van der Waals surface area contributed by atoms with Crippen LogP contribution in [0.15, 0.2) is 0 Å². The number of halogens is 1. The molecule has 0 aliphatic heterocycles. The van der Waals surface area contributed by atoms with Gasteiger partial charge in [0, 0.05) is 11.9 Å². The van der Waals surface area contributed by atoms with Gasteiger partial charge in [-0.05, 0) is 40.0 Å². The summed E-state index contributed by atoms with van der Waals surface area (Å²) in [6.45, 7) is 5.34. The van der Waals surface area contributed by atoms with E-state index < -0.39 is 0 Å². The minimum atomic E-state index is 0.310. The van der Waals surface area contributed by atoms with E-state index in [9.17, 15) is 0 Å². The van der Waals surface area contributed by atoms with Crippen molar-refractivity contribution >= 4 is 11.6 Å². The molecule has 13 heavy (non-hydrogen) atoms. The normalized spacial score (nSPS) is 13.6. The standard InChI is InChI=1S/C10H23ClN2/c1-4-6-10(11)9-12-7-5-8-13(2)3/h10,12H,4-9H2,1-3H3. The molecule has 1 atom stereocenters. The predicted molar refractivity (Wildman–Crippen MR) is 60.6 cm³/mol. The highest BCUT2D eigenvalue weighted by atomic mass is 35.5. The van der Waals surface area contributed by atoms with Crippen molar-refractivity contribution in [2.24, 2.45) is 0 Å². The zero-order chi connectivity index (χ0) is 10.1. The van der Waals surface area contributed by atoms with Crippen molar-refractivity contribution < 1.29 is 0 Å². The molecule has 0 saturated heterocycles. The molecule has 0 spiro atoms. The quantitative estimate of drug-likeness (QED) is 0.483. The number of hydrogen-bond acceptors (Lipinski definition) is 2. The average molecular weight is 207 g/mol. The van der Waals surface area contributed by atoms with Gasteiger partial charge in [0.2, 0.25) is 0 Å². The van der Waals surface area contributed by atoms with E-state index in [2.05, 4.69) is 31.2 Å². The van der Waals surface area contributed by atoms with E-state index in [-0.39, 0.29) is 0 Å². The summed E-state index contributed by atoms with van der Waals surface area (Å²) >= 11 is 6.05. The molecule has 0 aliphatic rings. The molecular formula is C10H23ClN2. The van der Waals surface area contributed by atoms with Gasteiger partial charge in [0.05, 0.1) is 0 Å². The Kier molecular flexibility index (Phi) is 8.93.